The SMILES string of the molecule is CCC(C)NC(=O)C(C)Oc1ccccc1C#N. The molecule has 0 heterocycles. The van der Waals surface area contributed by atoms with Crippen LogP contribution >= 0.6 is 0 Å². The third-order valence-corrected chi connectivity index (χ3v) is 2.68. The number of nitrogens with zero attached hydrogens (tertiary/aromatic N) is 1. The van der Waals surface area contributed by atoms with Crippen molar-refractivity contribution in [3.63, 3.8) is 0 Å². The molecule has 0 aromatic heterocycles. The number of amides is 1. The summed E-state index contributed by atoms with van der Waals surface area (Å²) in [5, 5.41) is 11.8. The summed E-state index contributed by atoms with van der Waals surface area (Å²) in [5.74, 6) is 0.267. The maximum atomic E-state index is 11.8. The number of carbonyl (C=O) groups excluding carboxylic acids is 1. The van der Waals surface area contributed by atoms with Crippen molar-refractivity contribution >= 4 is 5.91 Å². The third kappa shape index (κ3) is 3.77. The van der Waals surface area contributed by atoms with Gasteiger partial charge in [-0.25, -0.2) is 0 Å². The first-order chi connectivity index (χ1) is 8.58. The van der Waals surface area contributed by atoms with E-state index in [0.717, 1.165) is 6.42 Å². The summed E-state index contributed by atoms with van der Waals surface area (Å²) in [5.41, 5.74) is 0.431. The van der Waals surface area contributed by atoms with Crippen LogP contribution in [0.5, 0.6) is 5.75 Å². The molecule has 0 saturated heterocycles. The first-order valence-corrected chi connectivity index (χ1v) is 6.04. The van der Waals surface area contributed by atoms with Gasteiger partial charge in [-0.15, -0.1) is 0 Å². The lowest BCUT2D eigenvalue weighted by molar-refractivity contribution is -0.127. The van der Waals surface area contributed by atoms with Gasteiger partial charge in [-0.3, -0.25) is 4.79 Å². The van der Waals surface area contributed by atoms with E-state index in [1.807, 2.05) is 19.9 Å². The molecule has 4 nitrogen and oxygen atoms in total. The molecule has 1 aromatic rings. The topological polar surface area (TPSA) is 62.1 Å². The van der Waals surface area contributed by atoms with E-state index in [0.29, 0.717) is 11.3 Å². The average Bonchev–Trinajstić information content (AvgIpc) is 2.39. The number of nitriles is 1. The van der Waals surface area contributed by atoms with E-state index >= 15 is 0 Å². The van der Waals surface area contributed by atoms with Gasteiger partial charge in [0.2, 0.25) is 0 Å². The highest BCUT2D eigenvalue weighted by Crippen LogP contribution is 2.18. The lowest BCUT2D eigenvalue weighted by Gasteiger charge is -2.18. The van der Waals surface area contributed by atoms with E-state index in [4.69, 9.17) is 10.00 Å². The molecule has 2 unspecified atom stereocenters. The van der Waals surface area contributed by atoms with E-state index in [9.17, 15) is 4.79 Å². The summed E-state index contributed by atoms with van der Waals surface area (Å²) in [6.45, 7) is 5.61. The zero-order valence-electron chi connectivity index (χ0n) is 10.9. The fourth-order valence-electron chi connectivity index (χ4n) is 1.37. The van der Waals surface area contributed by atoms with Gasteiger partial charge in [-0.2, -0.15) is 5.26 Å². The van der Waals surface area contributed by atoms with Crippen LogP contribution in [0.2, 0.25) is 0 Å². The van der Waals surface area contributed by atoms with Crippen LogP contribution in [0.15, 0.2) is 24.3 Å². The molecule has 0 aliphatic heterocycles. The lowest BCUT2D eigenvalue weighted by Crippen LogP contribution is -2.41. The van der Waals surface area contributed by atoms with Crippen LogP contribution < -0.4 is 10.1 Å². The molecule has 0 aliphatic rings. The van der Waals surface area contributed by atoms with E-state index in [-0.39, 0.29) is 11.9 Å². The Bertz CT molecular complexity index is 451. The predicted octanol–water partition coefficient (Wildman–Crippen LogP) is 2.24. The number of ether oxygens (including phenoxy) is 1. The number of para-hydroxylation sites is 1. The first kappa shape index (κ1) is 14.0. The third-order valence-electron chi connectivity index (χ3n) is 2.68. The summed E-state index contributed by atoms with van der Waals surface area (Å²) < 4.78 is 5.51. The van der Waals surface area contributed by atoms with E-state index in [2.05, 4.69) is 5.32 Å². The number of hydrogen-bond donors (Lipinski definition) is 1. The summed E-state index contributed by atoms with van der Waals surface area (Å²) in [4.78, 5) is 11.8. The van der Waals surface area contributed by atoms with Gasteiger partial charge in [0.05, 0.1) is 5.56 Å². The quantitative estimate of drug-likeness (QED) is 0.866. The molecule has 0 spiro atoms. The number of benzene rings is 1. The molecule has 18 heavy (non-hydrogen) atoms. The smallest absolute Gasteiger partial charge is 0.260 e. The Balaban J connectivity index is 2.67. The molecule has 4 heteroatoms. The fourth-order valence-corrected chi connectivity index (χ4v) is 1.37. The second-order valence-corrected chi connectivity index (χ2v) is 4.19. The Morgan fingerprint density at radius 2 is 2.11 bits per heavy atom. The van der Waals surface area contributed by atoms with Crippen LogP contribution in [0.1, 0.15) is 32.8 Å². The van der Waals surface area contributed by atoms with Crippen molar-refractivity contribution < 1.29 is 9.53 Å². The Hall–Kier alpha value is -2.02. The lowest BCUT2D eigenvalue weighted by atomic mass is 10.2. The molecule has 0 saturated carbocycles. The second-order valence-electron chi connectivity index (χ2n) is 4.19. The van der Waals surface area contributed by atoms with Crippen molar-refractivity contribution in [1.29, 1.82) is 5.26 Å². The average molecular weight is 246 g/mol. The van der Waals surface area contributed by atoms with Crippen molar-refractivity contribution in [2.24, 2.45) is 0 Å². The van der Waals surface area contributed by atoms with Crippen molar-refractivity contribution in [2.75, 3.05) is 0 Å². The maximum Gasteiger partial charge on any atom is 0.260 e. The van der Waals surface area contributed by atoms with Crippen LogP contribution in [0, 0.1) is 11.3 Å². The molecule has 1 amide bonds. The number of nitrogens with one attached hydrogen (secondary N) is 1. The van der Waals surface area contributed by atoms with Crippen LogP contribution in [0.25, 0.3) is 0 Å². The van der Waals surface area contributed by atoms with Crippen molar-refractivity contribution in [3.8, 4) is 11.8 Å². The highest BCUT2D eigenvalue weighted by atomic mass is 16.5. The number of rotatable bonds is 5. The van der Waals surface area contributed by atoms with Gasteiger partial charge in [-0.1, -0.05) is 19.1 Å². The minimum atomic E-state index is -0.617. The Morgan fingerprint density at radius 3 is 2.72 bits per heavy atom. The minimum absolute atomic E-state index is 0.120. The van der Waals surface area contributed by atoms with Gasteiger partial charge in [0.25, 0.3) is 5.91 Å². The van der Waals surface area contributed by atoms with Gasteiger partial charge < -0.3 is 10.1 Å². The van der Waals surface area contributed by atoms with E-state index in [1.165, 1.54) is 0 Å². The van der Waals surface area contributed by atoms with E-state index in [1.54, 1.807) is 31.2 Å². The summed E-state index contributed by atoms with van der Waals surface area (Å²) >= 11 is 0. The van der Waals surface area contributed by atoms with Gasteiger partial charge in [0, 0.05) is 6.04 Å². The Morgan fingerprint density at radius 1 is 1.44 bits per heavy atom. The highest BCUT2D eigenvalue weighted by molar-refractivity contribution is 5.81. The standard InChI is InChI=1S/C14H18N2O2/c1-4-10(2)16-14(17)11(3)18-13-8-6-5-7-12(13)9-15/h5-8,10-11H,4H2,1-3H3,(H,16,17). The second kappa shape index (κ2) is 6.65. The molecule has 0 radical (unpaired) electrons. The van der Waals surface area contributed by atoms with Crippen molar-refractivity contribution in [1.82, 2.24) is 5.32 Å². The predicted molar refractivity (Wildman–Crippen MR) is 69.1 cm³/mol. The maximum absolute atomic E-state index is 11.8. The molecular weight excluding hydrogens is 228 g/mol. The first-order valence-electron chi connectivity index (χ1n) is 6.04. The Kier molecular flexibility index (Phi) is 5.19. The number of hydrogen-bond acceptors (Lipinski definition) is 3. The summed E-state index contributed by atoms with van der Waals surface area (Å²) in [7, 11) is 0. The molecule has 0 aliphatic carbocycles. The molecule has 0 fully saturated rings. The van der Waals surface area contributed by atoms with Crippen LogP contribution in [-0.4, -0.2) is 18.1 Å². The van der Waals surface area contributed by atoms with Crippen molar-refractivity contribution in [2.45, 2.75) is 39.3 Å². The molecule has 1 aromatic carbocycles. The molecule has 0 bridgehead atoms. The molecular formula is C14H18N2O2. The van der Waals surface area contributed by atoms with E-state index < -0.39 is 6.10 Å². The molecule has 1 N–H and O–H groups in total. The summed E-state index contributed by atoms with van der Waals surface area (Å²) in [6.07, 6.45) is 0.251. The minimum Gasteiger partial charge on any atom is -0.480 e. The fraction of sp³-hybridized carbons (Fsp3) is 0.429. The molecule has 2 atom stereocenters. The largest absolute Gasteiger partial charge is 0.480 e. The van der Waals surface area contributed by atoms with Crippen LogP contribution in [0.3, 0.4) is 0 Å². The monoisotopic (exact) mass is 246 g/mol. The number of carbonyl (C=O) groups is 1. The highest BCUT2D eigenvalue weighted by Gasteiger charge is 2.17. The zero-order chi connectivity index (χ0) is 13.5. The van der Waals surface area contributed by atoms with Crippen LogP contribution in [-0.2, 0) is 4.79 Å². The molecule has 96 valence electrons. The zero-order valence-corrected chi connectivity index (χ0v) is 10.9. The molecule has 1 rings (SSSR count). The van der Waals surface area contributed by atoms with Gasteiger partial charge in [0.15, 0.2) is 6.10 Å². The van der Waals surface area contributed by atoms with Crippen molar-refractivity contribution in [3.05, 3.63) is 29.8 Å². The van der Waals surface area contributed by atoms with Crippen LogP contribution in [0.4, 0.5) is 0 Å². The van der Waals surface area contributed by atoms with Gasteiger partial charge in [0.1, 0.15) is 11.8 Å². The van der Waals surface area contributed by atoms with Gasteiger partial charge >= 0.3 is 0 Å². The normalized spacial score (nSPS) is 13.2. The Labute approximate surface area is 108 Å². The summed E-state index contributed by atoms with van der Waals surface area (Å²) in [6, 6.07) is 9.04. The van der Waals surface area contributed by atoms with Gasteiger partial charge in [-0.05, 0) is 32.4 Å².